The maximum absolute atomic E-state index is 10.4. The monoisotopic (exact) mass is 172 g/mol. The Morgan fingerprint density at radius 3 is 2.83 bits per heavy atom. The van der Waals surface area contributed by atoms with Crippen molar-refractivity contribution in [2.45, 2.75) is 38.7 Å². The fourth-order valence-electron chi connectivity index (χ4n) is 1.20. The molecule has 1 aliphatic rings. The van der Waals surface area contributed by atoms with Gasteiger partial charge in [0, 0.05) is 13.5 Å². The Morgan fingerprint density at radius 2 is 2.33 bits per heavy atom. The minimum atomic E-state index is -0.185. The highest BCUT2D eigenvalue weighted by molar-refractivity contribution is 5.65. The zero-order valence-electron chi connectivity index (χ0n) is 7.54. The first-order chi connectivity index (χ1) is 5.79. The Bertz CT molecular complexity index is 141. The summed E-state index contributed by atoms with van der Waals surface area (Å²) in [5.41, 5.74) is 0. The second-order valence-corrected chi connectivity index (χ2v) is 3.12. The summed E-state index contributed by atoms with van der Waals surface area (Å²) >= 11 is 0. The molecular weight excluding hydrogens is 156 g/mol. The van der Waals surface area contributed by atoms with Gasteiger partial charge in [0.2, 0.25) is 0 Å². The van der Waals surface area contributed by atoms with E-state index in [4.69, 9.17) is 9.47 Å². The molecule has 0 aliphatic carbocycles. The highest BCUT2D eigenvalue weighted by Gasteiger charge is 2.16. The van der Waals surface area contributed by atoms with Gasteiger partial charge < -0.3 is 9.47 Å². The third kappa shape index (κ3) is 3.72. The van der Waals surface area contributed by atoms with Crippen molar-refractivity contribution in [2.24, 2.45) is 0 Å². The fourth-order valence-corrected chi connectivity index (χ4v) is 1.20. The zero-order chi connectivity index (χ0) is 8.81. The molecule has 0 aromatic carbocycles. The quantitative estimate of drug-likeness (QED) is 0.466. The van der Waals surface area contributed by atoms with E-state index < -0.39 is 0 Å². The van der Waals surface area contributed by atoms with Crippen LogP contribution < -0.4 is 0 Å². The van der Waals surface area contributed by atoms with Crippen LogP contribution in [0.3, 0.4) is 0 Å². The lowest BCUT2D eigenvalue weighted by Gasteiger charge is -2.26. The Morgan fingerprint density at radius 1 is 1.58 bits per heavy atom. The average Bonchev–Trinajstić information content (AvgIpc) is 1.92. The Hall–Kier alpha value is -0.570. The van der Waals surface area contributed by atoms with E-state index >= 15 is 0 Å². The molecule has 0 aromatic heterocycles. The topological polar surface area (TPSA) is 35.5 Å². The number of hydrogen-bond donors (Lipinski definition) is 0. The van der Waals surface area contributed by atoms with Crippen LogP contribution in [0.15, 0.2) is 0 Å². The summed E-state index contributed by atoms with van der Waals surface area (Å²) in [7, 11) is 0. The largest absolute Gasteiger partial charge is 0.466 e. The second-order valence-electron chi connectivity index (χ2n) is 3.12. The molecule has 0 spiro atoms. The number of hydrogen-bond acceptors (Lipinski definition) is 3. The van der Waals surface area contributed by atoms with Gasteiger partial charge in [0.25, 0.3) is 0 Å². The highest BCUT2D eigenvalue weighted by Crippen LogP contribution is 2.17. The summed E-state index contributed by atoms with van der Waals surface area (Å²) in [6.45, 7) is 2.92. The van der Waals surface area contributed by atoms with Crippen molar-refractivity contribution in [3.63, 3.8) is 0 Å². The lowest BCUT2D eigenvalue weighted by molar-refractivity contribution is -0.141. The third-order valence-electron chi connectivity index (χ3n) is 2.02. The molecule has 1 rings (SSSR count). The summed E-state index contributed by atoms with van der Waals surface area (Å²) in [5.74, 6) is -0.185. The van der Waals surface area contributed by atoms with Crippen LogP contribution in [0.1, 0.15) is 32.6 Å². The third-order valence-corrected chi connectivity index (χ3v) is 2.02. The van der Waals surface area contributed by atoms with Gasteiger partial charge >= 0.3 is 5.97 Å². The lowest BCUT2D eigenvalue weighted by atomic mass is 10.1. The molecule has 0 bridgehead atoms. The van der Waals surface area contributed by atoms with Crippen molar-refractivity contribution in [3.05, 3.63) is 0 Å². The minimum Gasteiger partial charge on any atom is -0.466 e. The van der Waals surface area contributed by atoms with Crippen molar-refractivity contribution in [1.82, 2.24) is 0 Å². The highest BCUT2D eigenvalue weighted by atomic mass is 16.5. The van der Waals surface area contributed by atoms with Crippen LogP contribution in [0.25, 0.3) is 0 Å². The molecule has 12 heavy (non-hydrogen) atoms. The molecule has 1 heterocycles. The van der Waals surface area contributed by atoms with E-state index in [1.54, 1.807) is 0 Å². The molecule has 1 fully saturated rings. The first kappa shape index (κ1) is 9.52. The molecule has 0 saturated carbocycles. The van der Waals surface area contributed by atoms with Gasteiger partial charge in [0.1, 0.15) is 0 Å². The molecule has 0 radical (unpaired) electrons. The van der Waals surface area contributed by atoms with Gasteiger partial charge in [0.15, 0.2) is 0 Å². The van der Waals surface area contributed by atoms with Crippen molar-refractivity contribution in [1.29, 1.82) is 0 Å². The molecule has 3 nitrogen and oxygen atoms in total. The molecule has 3 heteroatoms. The number of rotatable bonds is 5. The van der Waals surface area contributed by atoms with Crippen molar-refractivity contribution in [2.75, 3.05) is 13.2 Å². The molecular formula is C9H16O3. The van der Waals surface area contributed by atoms with E-state index in [1.165, 1.54) is 13.3 Å². The number of ether oxygens (including phenoxy) is 2. The van der Waals surface area contributed by atoms with E-state index in [1.807, 2.05) is 0 Å². The molecule has 0 N–H and O–H groups in total. The molecule has 70 valence electrons. The SMILES string of the molecule is CC(=O)OCCCCC1CCO1. The summed E-state index contributed by atoms with van der Waals surface area (Å²) in [5, 5.41) is 0. The van der Waals surface area contributed by atoms with E-state index in [0.717, 1.165) is 25.9 Å². The van der Waals surface area contributed by atoms with Gasteiger partial charge in [0.05, 0.1) is 12.7 Å². The van der Waals surface area contributed by atoms with Crippen molar-refractivity contribution < 1.29 is 14.3 Å². The molecule has 0 amide bonds. The summed E-state index contributed by atoms with van der Waals surface area (Å²) < 4.78 is 10.0. The van der Waals surface area contributed by atoms with Gasteiger partial charge in [-0.15, -0.1) is 0 Å². The maximum atomic E-state index is 10.4. The number of carbonyl (C=O) groups is 1. The lowest BCUT2D eigenvalue weighted by Crippen LogP contribution is -2.26. The van der Waals surface area contributed by atoms with Gasteiger partial charge in [-0.05, 0) is 25.7 Å². The number of esters is 1. The Labute approximate surface area is 73.0 Å². The molecule has 1 unspecified atom stereocenters. The molecule has 1 saturated heterocycles. The van der Waals surface area contributed by atoms with E-state index in [-0.39, 0.29) is 5.97 Å². The predicted molar refractivity (Wildman–Crippen MR) is 44.8 cm³/mol. The van der Waals surface area contributed by atoms with Crippen LogP contribution in [-0.2, 0) is 14.3 Å². The maximum Gasteiger partial charge on any atom is 0.302 e. The number of carbonyl (C=O) groups excluding carboxylic acids is 1. The average molecular weight is 172 g/mol. The van der Waals surface area contributed by atoms with Crippen LogP contribution in [0.2, 0.25) is 0 Å². The van der Waals surface area contributed by atoms with Gasteiger partial charge in [-0.3, -0.25) is 4.79 Å². The first-order valence-electron chi connectivity index (χ1n) is 4.54. The normalized spacial score (nSPS) is 21.6. The van der Waals surface area contributed by atoms with E-state index in [2.05, 4.69) is 0 Å². The van der Waals surface area contributed by atoms with E-state index in [0.29, 0.717) is 12.7 Å². The van der Waals surface area contributed by atoms with Crippen LogP contribution in [0, 0.1) is 0 Å². The second kappa shape index (κ2) is 5.14. The van der Waals surface area contributed by atoms with Crippen molar-refractivity contribution in [3.8, 4) is 0 Å². The predicted octanol–water partition coefficient (Wildman–Crippen LogP) is 1.51. The first-order valence-corrected chi connectivity index (χ1v) is 4.54. The zero-order valence-corrected chi connectivity index (χ0v) is 7.54. The van der Waals surface area contributed by atoms with Gasteiger partial charge in [-0.2, -0.15) is 0 Å². The van der Waals surface area contributed by atoms with Crippen LogP contribution in [0.4, 0.5) is 0 Å². The van der Waals surface area contributed by atoms with E-state index in [9.17, 15) is 4.79 Å². The van der Waals surface area contributed by atoms with Crippen LogP contribution >= 0.6 is 0 Å². The van der Waals surface area contributed by atoms with Crippen molar-refractivity contribution >= 4 is 5.97 Å². The summed E-state index contributed by atoms with van der Waals surface area (Å²) in [4.78, 5) is 10.4. The summed E-state index contributed by atoms with van der Waals surface area (Å²) in [6.07, 6.45) is 4.86. The van der Waals surface area contributed by atoms with Gasteiger partial charge in [-0.1, -0.05) is 0 Å². The van der Waals surface area contributed by atoms with Gasteiger partial charge in [-0.25, -0.2) is 0 Å². The van der Waals surface area contributed by atoms with Crippen LogP contribution in [-0.4, -0.2) is 25.3 Å². The molecule has 1 atom stereocenters. The molecule has 1 aliphatic heterocycles. The smallest absolute Gasteiger partial charge is 0.302 e. The Balaban J connectivity index is 1.79. The minimum absolute atomic E-state index is 0.185. The fraction of sp³-hybridized carbons (Fsp3) is 0.889. The Kier molecular flexibility index (Phi) is 4.08. The number of unbranched alkanes of at least 4 members (excludes halogenated alkanes) is 1. The summed E-state index contributed by atoms with van der Waals surface area (Å²) in [6, 6.07) is 0. The molecule has 0 aromatic rings. The van der Waals surface area contributed by atoms with Crippen LogP contribution in [0.5, 0.6) is 0 Å². The standard InChI is InChI=1S/C9H16O3/c1-8(10)11-6-3-2-4-9-5-7-12-9/h9H,2-7H2,1H3.